The highest BCUT2D eigenvalue weighted by atomic mass is 16.5. The number of methoxy groups -OCH3 is 1. The Kier molecular flexibility index (Phi) is 2.92. The largest absolute Gasteiger partial charge is 0.493 e. The minimum absolute atomic E-state index is 0.714. The quantitative estimate of drug-likeness (QED) is 0.833. The van der Waals surface area contributed by atoms with Crippen LogP contribution in [0.4, 0.5) is 0 Å². The van der Waals surface area contributed by atoms with Crippen molar-refractivity contribution in [3.8, 4) is 5.75 Å². The van der Waals surface area contributed by atoms with Gasteiger partial charge in [0.05, 0.1) is 13.4 Å². The van der Waals surface area contributed by atoms with Gasteiger partial charge in [-0.05, 0) is 43.1 Å². The van der Waals surface area contributed by atoms with E-state index in [-0.39, 0.29) is 0 Å². The fourth-order valence-corrected chi connectivity index (χ4v) is 1.71. The molecule has 2 rings (SSSR count). The monoisotopic (exact) mass is 205 g/mol. The molecule has 0 saturated heterocycles. The van der Waals surface area contributed by atoms with E-state index in [1.54, 1.807) is 13.4 Å². The molecule has 2 N–H and O–H groups in total. The van der Waals surface area contributed by atoms with Gasteiger partial charge in [0.15, 0.2) is 11.3 Å². The lowest BCUT2D eigenvalue weighted by molar-refractivity contribution is 0.409. The second-order valence-corrected chi connectivity index (χ2v) is 3.53. The maximum absolute atomic E-state index is 5.49. The van der Waals surface area contributed by atoms with Gasteiger partial charge >= 0.3 is 0 Å². The van der Waals surface area contributed by atoms with Crippen LogP contribution in [0.5, 0.6) is 5.75 Å². The van der Waals surface area contributed by atoms with Gasteiger partial charge in [-0.15, -0.1) is 0 Å². The van der Waals surface area contributed by atoms with Crippen LogP contribution in [0.1, 0.15) is 12.0 Å². The Labute approximate surface area is 88.8 Å². The highest BCUT2D eigenvalue weighted by Gasteiger charge is 2.06. The van der Waals surface area contributed by atoms with Crippen LogP contribution in [-0.4, -0.2) is 13.7 Å². The molecule has 0 radical (unpaired) electrons. The number of nitrogens with two attached hydrogens (primary N) is 1. The van der Waals surface area contributed by atoms with Gasteiger partial charge in [-0.1, -0.05) is 0 Å². The summed E-state index contributed by atoms with van der Waals surface area (Å²) in [6.07, 6.45) is 3.65. The van der Waals surface area contributed by atoms with Gasteiger partial charge < -0.3 is 14.9 Å². The minimum Gasteiger partial charge on any atom is -0.493 e. The summed E-state index contributed by atoms with van der Waals surface area (Å²) in [7, 11) is 1.66. The molecule has 1 heterocycles. The van der Waals surface area contributed by atoms with Gasteiger partial charge in [0.1, 0.15) is 0 Å². The Balaban J connectivity index is 2.40. The van der Waals surface area contributed by atoms with Crippen molar-refractivity contribution >= 4 is 11.0 Å². The number of hydrogen-bond acceptors (Lipinski definition) is 3. The van der Waals surface area contributed by atoms with Crippen LogP contribution in [0.2, 0.25) is 0 Å². The van der Waals surface area contributed by atoms with Gasteiger partial charge in [-0.3, -0.25) is 0 Å². The standard InChI is InChI=1S/C12H15NO2/c1-14-11-8-9(3-2-5-13)7-10-4-6-15-12(10)11/h4,6-8H,2-3,5,13H2,1H3. The van der Waals surface area contributed by atoms with E-state index in [0.29, 0.717) is 6.54 Å². The van der Waals surface area contributed by atoms with E-state index in [4.69, 9.17) is 14.9 Å². The Morgan fingerprint density at radius 3 is 3.00 bits per heavy atom. The zero-order chi connectivity index (χ0) is 10.7. The van der Waals surface area contributed by atoms with Crippen molar-refractivity contribution in [1.82, 2.24) is 0 Å². The summed E-state index contributed by atoms with van der Waals surface area (Å²) in [5.41, 5.74) is 7.55. The Morgan fingerprint density at radius 2 is 2.27 bits per heavy atom. The summed E-state index contributed by atoms with van der Waals surface area (Å²) < 4.78 is 10.6. The zero-order valence-electron chi connectivity index (χ0n) is 8.82. The van der Waals surface area contributed by atoms with E-state index in [9.17, 15) is 0 Å². The maximum atomic E-state index is 5.49. The first kappa shape index (κ1) is 10.1. The second kappa shape index (κ2) is 4.36. The van der Waals surface area contributed by atoms with Gasteiger partial charge in [0.2, 0.25) is 0 Å². The molecule has 2 aromatic rings. The highest BCUT2D eigenvalue weighted by molar-refractivity contribution is 5.83. The van der Waals surface area contributed by atoms with Gasteiger partial charge in [-0.25, -0.2) is 0 Å². The first-order chi connectivity index (χ1) is 7.35. The lowest BCUT2D eigenvalue weighted by atomic mass is 10.1. The lowest BCUT2D eigenvalue weighted by Gasteiger charge is -2.05. The fraction of sp³-hybridized carbons (Fsp3) is 0.333. The van der Waals surface area contributed by atoms with Crippen LogP contribution in [0.15, 0.2) is 28.9 Å². The third kappa shape index (κ3) is 1.97. The van der Waals surface area contributed by atoms with Crippen molar-refractivity contribution in [2.24, 2.45) is 5.73 Å². The Morgan fingerprint density at radius 1 is 1.40 bits per heavy atom. The van der Waals surface area contributed by atoms with Crippen LogP contribution in [-0.2, 0) is 6.42 Å². The van der Waals surface area contributed by atoms with Crippen LogP contribution in [0.25, 0.3) is 11.0 Å². The molecule has 0 saturated carbocycles. The first-order valence-electron chi connectivity index (χ1n) is 5.09. The second-order valence-electron chi connectivity index (χ2n) is 3.53. The van der Waals surface area contributed by atoms with Crippen molar-refractivity contribution in [3.63, 3.8) is 0 Å². The summed E-state index contributed by atoms with van der Waals surface area (Å²) in [5, 5.41) is 1.08. The maximum Gasteiger partial charge on any atom is 0.175 e. The van der Waals surface area contributed by atoms with Crippen molar-refractivity contribution in [3.05, 3.63) is 30.0 Å². The average Bonchev–Trinajstić information content (AvgIpc) is 2.73. The number of rotatable bonds is 4. The molecule has 0 atom stereocenters. The predicted octanol–water partition coefficient (Wildman–Crippen LogP) is 2.33. The predicted molar refractivity (Wildman–Crippen MR) is 60.1 cm³/mol. The highest BCUT2D eigenvalue weighted by Crippen LogP contribution is 2.28. The summed E-state index contributed by atoms with van der Waals surface area (Å²) in [6.45, 7) is 0.714. The third-order valence-electron chi connectivity index (χ3n) is 2.47. The molecule has 80 valence electrons. The topological polar surface area (TPSA) is 48.4 Å². The van der Waals surface area contributed by atoms with Crippen molar-refractivity contribution < 1.29 is 9.15 Å². The molecule has 3 nitrogen and oxygen atoms in total. The Bertz CT molecular complexity index is 448. The van der Waals surface area contributed by atoms with Gasteiger partial charge in [-0.2, -0.15) is 0 Å². The van der Waals surface area contributed by atoms with E-state index in [2.05, 4.69) is 6.07 Å². The normalized spacial score (nSPS) is 10.8. The molecule has 0 aliphatic rings. The molecule has 3 heteroatoms. The summed E-state index contributed by atoms with van der Waals surface area (Å²) >= 11 is 0. The van der Waals surface area contributed by atoms with Gasteiger partial charge in [0.25, 0.3) is 0 Å². The summed E-state index contributed by atoms with van der Waals surface area (Å²) in [5.74, 6) is 0.796. The van der Waals surface area contributed by atoms with E-state index in [1.165, 1.54) is 5.56 Å². The first-order valence-corrected chi connectivity index (χ1v) is 5.09. The molecule has 0 fully saturated rings. The minimum atomic E-state index is 0.714. The van der Waals surface area contributed by atoms with Crippen LogP contribution in [0, 0.1) is 0 Å². The zero-order valence-corrected chi connectivity index (χ0v) is 8.82. The number of aryl methyl sites for hydroxylation is 1. The average molecular weight is 205 g/mol. The lowest BCUT2D eigenvalue weighted by Crippen LogP contribution is -2.00. The summed E-state index contributed by atoms with van der Waals surface area (Å²) in [6, 6.07) is 6.09. The number of ether oxygens (including phenoxy) is 1. The molecular formula is C12H15NO2. The molecular weight excluding hydrogens is 190 g/mol. The smallest absolute Gasteiger partial charge is 0.175 e. The van der Waals surface area contributed by atoms with Crippen LogP contribution >= 0.6 is 0 Å². The number of benzene rings is 1. The molecule has 15 heavy (non-hydrogen) atoms. The molecule has 0 unspecified atom stereocenters. The number of hydrogen-bond donors (Lipinski definition) is 1. The van der Waals surface area contributed by atoms with E-state index in [0.717, 1.165) is 29.6 Å². The number of furan rings is 1. The molecule has 0 aliphatic carbocycles. The van der Waals surface area contributed by atoms with Gasteiger partial charge in [0, 0.05) is 5.39 Å². The molecule has 1 aromatic heterocycles. The third-order valence-corrected chi connectivity index (χ3v) is 2.47. The summed E-state index contributed by atoms with van der Waals surface area (Å²) in [4.78, 5) is 0. The number of fused-ring (bicyclic) bond motifs is 1. The van der Waals surface area contributed by atoms with Crippen molar-refractivity contribution in [2.75, 3.05) is 13.7 Å². The fourth-order valence-electron chi connectivity index (χ4n) is 1.71. The molecule has 0 spiro atoms. The van der Waals surface area contributed by atoms with Crippen molar-refractivity contribution in [1.29, 1.82) is 0 Å². The van der Waals surface area contributed by atoms with E-state index >= 15 is 0 Å². The SMILES string of the molecule is COc1cc(CCCN)cc2ccoc12. The van der Waals surface area contributed by atoms with E-state index in [1.807, 2.05) is 12.1 Å². The molecule has 0 bridgehead atoms. The molecule has 0 aliphatic heterocycles. The van der Waals surface area contributed by atoms with Crippen LogP contribution in [0.3, 0.4) is 0 Å². The van der Waals surface area contributed by atoms with Crippen LogP contribution < -0.4 is 10.5 Å². The molecule has 0 amide bonds. The Hall–Kier alpha value is -1.48. The molecule has 1 aromatic carbocycles. The van der Waals surface area contributed by atoms with Crippen molar-refractivity contribution in [2.45, 2.75) is 12.8 Å². The van der Waals surface area contributed by atoms with E-state index < -0.39 is 0 Å².